The summed E-state index contributed by atoms with van der Waals surface area (Å²) in [4.78, 5) is 51.9. The zero-order chi connectivity index (χ0) is 37.4. The first-order valence-electron chi connectivity index (χ1n) is 17.7. The molecule has 3 aromatic heterocycles. The van der Waals surface area contributed by atoms with Crippen molar-refractivity contribution in [2.24, 2.45) is 13.0 Å². The molecule has 0 spiro atoms. The first-order chi connectivity index (χ1) is 25.4. The molecule has 2 aliphatic rings. The van der Waals surface area contributed by atoms with Gasteiger partial charge in [0.2, 0.25) is 11.9 Å². The molecular formula is C39H42ClFN9O3+. The summed E-state index contributed by atoms with van der Waals surface area (Å²) in [5.41, 5.74) is 5.14. The number of anilines is 1. The van der Waals surface area contributed by atoms with Crippen LogP contribution < -0.4 is 5.32 Å². The molecule has 7 rings (SSSR count). The number of imidazole rings is 1. The number of carbonyl (C=O) groups excluding carboxylic acids is 3. The number of nitrogens with one attached hydrogen (secondary N) is 2. The number of hydrogen-bond donors (Lipinski definition) is 2. The summed E-state index contributed by atoms with van der Waals surface area (Å²) in [5, 5.41) is 10.1. The molecule has 5 heterocycles. The molecule has 5 aromatic rings. The molecule has 1 unspecified atom stereocenters. The van der Waals surface area contributed by atoms with Crippen molar-refractivity contribution < 1.29 is 23.3 Å². The number of benzene rings is 2. The van der Waals surface area contributed by atoms with Gasteiger partial charge in [0.15, 0.2) is 5.82 Å². The van der Waals surface area contributed by atoms with E-state index in [0.29, 0.717) is 54.4 Å². The van der Waals surface area contributed by atoms with E-state index in [0.717, 1.165) is 41.7 Å². The van der Waals surface area contributed by atoms with E-state index in [4.69, 9.17) is 11.6 Å². The number of amides is 3. The molecule has 274 valence electrons. The van der Waals surface area contributed by atoms with Crippen LogP contribution in [0.15, 0.2) is 67.0 Å². The lowest BCUT2D eigenvalue weighted by Gasteiger charge is -2.36. The van der Waals surface area contributed by atoms with E-state index in [2.05, 4.69) is 46.5 Å². The summed E-state index contributed by atoms with van der Waals surface area (Å²) in [6.07, 6.45) is 4.85. The summed E-state index contributed by atoms with van der Waals surface area (Å²) in [5.74, 6) is -1.25. The van der Waals surface area contributed by atoms with Gasteiger partial charge in [0.25, 0.3) is 11.8 Å². The number of halogens is 2. The summed E-state index contributed by atoms with van der Waals surface area (Å²) in [7, 11) is 5.91. The number of rotatable bonds is 8. The minimum atomic E-state index is -0.719. The van der Waals surface area contributed by atoms with Gasteiger partial charge in [-0.2, -0.15) is 9.49 Å². The Kier molecular flexibility index (Phi) is 9.88. The first kappa shape index (κ1) is 36.0. The predicted molar refractivity (Wildman–Crippen MR) is 201 cm³/mol. The Morgan fingerprint density at radius 2 is 1.72 bits per heavy atom. The minimum absolute atomic E-state index is 0.0307. The smallest absolute Gasteiger partial charge is 0.291 e. The van der Waals surface area contributed by atoms with Gasteiger partial charge < -0.3 is 24.2 Å². The fourth-order valence-electron chi connectivity index (χ4n) is 7.25. The SMILES string of the molecule is CCc1ccc(-c2[nH]ncc2-c2ccc(-c3cnc(C(=O)Nc4ccc(C(=O)N5CCN(C(=O)C6CC[N+](C)(C)C6)CC5)c(Cl)c4)n3C)c(F)n2)cc1. The molecule has 0 radical (unpaired) electrons. The fourth-order valence-corrected chi connectivity index (χ4v) is 7.51. The highest BCUT2D eigenvalue weighted by atomic mass is 35.5. The lowest BCUT2D eigenvalue weighted by molar-refractivity contribution is -0.878. The van der Waals surface area contributed by atoms with E-state index in [9.17, 15) is 14.4 Å². The van der Waals surface area contributed by atoms with Gasteiger partial charge in [0.1, 0.15) is 0 Å². The van der Waals surface area contributed by atoms with Crippen LogP contribution in [-0.4, -0.2) is 110 Å². The maximum Gasteiger partial charge on any atom is 0.291 e. The Hall–Kier alpha value is -5.40. The highest BCUT2D eigenvalue weighted by Crippen LogP contribution is 2.32. The van der Waals surface area contributed by atoms with E-state index in [-0.39, 0.29) is 34.1 Å². The molecule has 2 aliphatic heterocycles. The normalized spacial score (nSPS) is 16.9. The molecule has 3 amide bonds. The molecule has 0 bridgehead atoms. The Labute approximate surface area is 312 Å². The van der Waals surface area contributed by atoms with Gasteiger partial charge >= 0.3 is 0 Å². The molecule has 2 fully saturated rings. The molecule has 0 saturated carbocycles. The highest BCUT2D eigenvalue weighted by Gasteiger charge is 2.38. The number of H-pyrrole nitrogens is 1. The number of aryl methyl sites for hydroxylation is 1. The zero-order valence-electron chi connectivity index (χ0n) is 30.2. The number of nitrogens with zero attached hydrogens (tertiary/aromatic N) is 7. The lowest BCUT2D eigenvalue weighted by Crippen LogP contribution is -2.52. The Morgan fingerprint density at radius 3 is 2.38 bits per heavy atom. The Balaban J connectivity index is 0.991. The van der Waals surface area contributed by atoms with Crippen LogP contribution in [0.3, 0.4) is 0 Å². The molecule has 2 aromatic carbocycles. The van der Waals surface area contributed by atoms with Crippen molar-refractivity contribution in [3.8, 4) is 33.8 Å². The second-order valence-corrected chi connectivity index (χ2v) is 14.8. The predicted octanol–water partition coefficient (Wildman–Crippen LogP) is 5.53. The van der Waals surface area contributed by atoms with Gasteiger partial charge in [-0.3, -0.25) is 19.5 Å². The molecule has 53 heavy (non-hydrogen) atoms. The van der Waals surface area contributed by atoms with Crippen LogP contribution >= 0.6 is 11.6 Å². The molecule has 1 atom stereocenters. The summed E-state index contributed by atoms with van der Waals surface area (Å²) >= 11 is 6.56. The van der Waals surface area contributed by atoms with Crippen molar-refractivity contribution in [2.75, 3.05) is 58.7 Å². The number of likely N-dealkylation sites (tertiary alicyclic amines) is 1. The van der Waals surface area contributed by atoms with Gasteiger partial charge in [-0.05, 0) is 42.3 Å². The fraction of sp³-hybridized carbons (Fsp3) is 0.333. The molecule has 2 N–H and O–H groups in total. The van der Waals surface area contributed by atoms with Crippen LogP contribution in [0.25, 0.3) is 33.8 Å². The summed E-state index contributed by atoms with van der Waals surface area (Å²) < 4.78 is 17.9. The summed E-state index contributed by atoms with van der Waals surface area (Å²) in [6.45, 7) is 5.72. The third-order valence-electron chi connectivity index (χ3n) is 10.4. The van der Waals surface area contributed by atoms with E-state index in [1.807, 2.05) is 29.2 Å². The number of piperazine rings is 1. The van der Waals surface area contributed by atoms with Crippen LogP contribution in [0.2, 0.25) is 5.02 Å². The minimum Gasteiger partial charge on any atom is -0.339 e. The number of quaternary nitrogens is 1. The van der Waals surface area contributed by atoms with E-state index in [1.165, 1.54) is 22.4 Å². The van der Waals surface area contributed by atoms with Crippen molar-refractivity contribution in [3.05, 3.63) is 94.9 Å². The second-order valence-electron chi connectivity index (χ2n) is 14.4. The number of carbonyl (C=O) groups is 3. The number of pyridine rings is 1. The quantitative estimate of drug-likeness (QED) is 0.159. The average molecular weight is 739 g/mol. The van der Waals surface area contributed by atoms with Gasteiger partial charge in [-0.25, -0.2) is 9.97 Å². The maximum atomic E-state index is 15.6. The van der Waals surface area contributed by atoms with Crippen molar-refractivity contribution in [1.29, 1.82) is 0 Å². The van der Waals surface area contributed by atoms with Crippen LogP contribution in [0, 0.1) is 11.9 Å². The third-order valence-corrected chi connectivity index (χ3v) is 10.7. The lowest BCUT2D eigenvalue weighted by atomic mass is 10.0. The standard InChI is InChI=1S/C39H41ClFN9O3/c1-5-24-6-8-25(9-7-24)34-30(21-43-46-34)32-13-12-29(35(41)45-32)33-22-42-36(47(33)2)37(51)44-27-10-11-28(31(40)20-27)39(53)49-17-15-48(16-18-49)38(52)26-14-19-50(3,4)23-26/h6-13,20-22,26H,5,14-19,23H2,1-4H3,(H-,43,44,45,46,51,53)/p+1. The van der Waals surface area contributed by atoms with Crippen LogP contribution in [0.5, 0.6) is 0 Å². The highest BCUT2D eigenvalue weighted by molar-refractivity contribution is 6.34. The first-order valence-corrected chi connectivity index (χ1v) is 18.1. The largest absolute Gasteiger partial charge is 0.339 e. The van der Waals surface area contributed by atoms with E-state index >= 15 is 4.39 Å². The molecule has 14 heteroatoms. The van der Waals surface area contributed by atoms with Crippen LogP contribution in [0.1, 0.15) is 39.9 Å². The van der Waals surface area contributed by atoms with Gasteiger partial charge in [-0.1, -0.05) is 42.8 Å². The van der Waals surface area contributed by atoms with Gasteiger partial charge in [0, 0.05) is 56.5 Å². The van der Waals surface area contributed by atoms with Crippen molar-refractivity contribution in [1.82, 2.24) is 34.5 Å². The molecule has 2 saturated heterocycles. The van der Waals surface area contributed by atoms with E-state index in [1.54, 1.807) is 42.4 Å². The van der Waals surface area contributed by atoms with Crippen molar-refractivity contribution in [3.63, 3.8) is 0 Å². The zero-order valence-corrected chi connectivity index (χ0v) is 31.0. The molecule has 12 nitrogen and oxygen atoms in total. The van der Waals surface area contributed by atoms with Gasteiger partial charge in [-0.15, -0.1) is 0 Å². The number of aromatic nitrogens is 5. The second kappa shape index (κ2) is 14.6. The third kappa shape index (κ3) is 7.31. The topological polar surface area (TPSA) is 129 Å². The Morgan fingerprint density at radius 1 is 0.981 bits per heavy atom. The van der Waals surface area contributed by atoms with Gasteiger partial charge in [0.05, 0.1) is 78.7 Å². The van der Waals surface area contributed by atoms with Crippen molar-refractivity contribution in [2.45, 2.75) is 19.8 Å². The molecule has 0 aliphatic carbocycles. The molecular weight excluding hydrogens is 697 g/mol. The maximum absolute atomic E-state index is 15.6. The Bertz CT molecular complexity index is 2190. The number of aromatic amines is 1. The average Bonchev–Trinajstić information content (AvgIpc) is 3.89. The van der Waals surface area contributed by atoms with Crippen LogP contribution in [-0.2, 0) is 18.3 Å². The monoisotopic (exact) mass is 738 g/mol. The van der Waals surface area contributed by atoms with Crippen molar-refractivity contribution >= 4 is 35.0 Å². The number of hydrogen-bond acceptors (Lipinski definition) is 6. The summed E-state index contributed by atoms with van der Waals surface area (Å²) in [6, 6.07) is 16.1. The van der Waals surface area contributed by atoms with Crippen LogP contribution in [0.4, 0.5) is 10.1 Å². The van der Waals surface area contributed by atoms with E-state index < -0.39 is 11.9 Å².